The van der Waals surface area contributed by atoms with Crippen LogP contribution in [-0.2, 0) is 10.2 Å². The zero-order valence-corrected chi connectivity index (χ0v) is 18.0. The number of fused-ring (bicyclic) bond motifs is 1. The number of aromatic nitrogens is 2. The van der Waals surface area contributed by atoms with E-state index in [0.717, 1.165) is 52.3 Å². The Kier molecular flexibility index (Phi) is 4.54. The van der Waals surface area contributed by atoms with Crippen molar-refractivity contribution in [1.29, 1.82) is 0 Å². The van der Waals surface area contributed by atoms with E-state index in [2.05, 4.69) is 24.4 Å². The number of hydrogen-bond acceptors (Lipinski definition) is 3. The van der Waals surface area contributed by atoms with Crippen molar-refractivity contribution in [2.45, 2.75) is 32.1 Å². The minimum atomic E-state index is -0.518. The van der Waals surface area contributed by atoms with Crippen molar-refractivity contribution in [2.24, 2.45) is 0 Å². The highest BCUT2D eigenvalue weighted by Crippen LogP contribution is 2.52. The van der Waals surface area contributed by atoms with Crippen molar-refractivity contribution in [3.05, 3.63) is 83.7 Å². The molecule has 2 aromatic heterocycles. The number of benzene rings is 2. The first-order valence-corrected chi connectivity index (χ1v) is 10.5. The number of nitrogens with zero attached hydrogens (tertiary/aromatic N) is 2. The molecule has 0 spiro atoms. The molecule has 1 aliphatic carbocycles. The van der Waals surface area contributed by atoms with Gasteiger partial charge < -0.3 is 14.5 Å². The van der Waals surface area contributed by atoms with Gasteiger partial charge in [0.1, 0.15) is 11.4 Å². The fourth-order valence-electron chi connectivity index (χ4n) is 4.16. The predicted molar refractivity (Wildman–Crippen MR) is 123 cm³/mol. The molecule has 0 unspecified atom stereocenters. The number of hydrogen-bond donors (Lipinski definition) is 1. The van der Waals surface area contributed by atoms with E-state index in [1.807, 2.05) is 66.2 Å². The first-order chi connectivity index (χ1) is 15.0. The van der Waals surface area contributed by atoms with Gasteiger partial charge in [0.25, 0.3) is 0 Å². The fourth-order valence-corrected chi connectivity index (χ4v) is 4.16. The Bertz CT molecular complexity index is 1300. The SMILES string of the molecule is COc1ccccc1C1(C(=O)Nc2cc(-c3cn4ccc(C)cc4n3)ccc2C)CC1. The molecule has 5 rings (SSSR count). The molecule has 0 radical (unpaired) electrons. The van der Waals surface area contributed by atoms with Crippen LogP contribution in [-0.4, -0.2) is 22.4 Å². The molecule has 0 bridgehead atoms. The van der Waals surface area contributed by atoms with Gasteiger partial charge in [0.05, 0.1) is 18.2 Å². The van der Waals surface area contributed by atoms with Crippen LogP contribution in [0.15, 0.2) is 67.0 Å². The molecule has 1 fully saturated rings. The summed E-state index contributed by atoms with van der Waals surface area (Å²) in [6.45, 7) is 4.07. The number of nitrogens with one attached hydrogen (secondary N) is 1. The minimum absolute atomic E-state index is 0.0166. The number of aryl methyl sites for hydroxylation is 2. The van der Waals surface area contributed by atoms with Crippen LogP contribution < -0.4 is 10.1 Å². The number of amides is 1. The molecule has 1 amide bonds. The van der Waals surface area contributed by atoms with E-state index >= 15 is 0 Å². The second-order valence-corrected chi connectivity index (χ2v) is 8.36. The Morgan fingerprint density at radius 3 is 2.68 bits per heavy atom. The van der Waals surface area contributed by atoms with E-state index in [0.29, 0.717) is 0 Å². The second kappa shape index (κ2) is 7.27. The van der Waals surface area contributed by atoms with Crippen LogP contribution in [0.1, 0.15) is 29.5 Å². The quantitative estimate of drug-likeness (QED) is 0.485. The predicted octanol–water partition coefficient (Wildman–Crippen LogP) is 5.30. The summed E-state index contributed by atoms with van der Waals surface area (Å²) < 4.78 is 7.53. The van der Waals surface area contributed by atoms with E-state index in [1.54, 1.807) is 7.11 Å². The smallest absolute Gasteiger partial charge is 0.235 e. The number of anilines is 1. The monoisotopic (exact) mass is 411 g/mol. The number of pyridine rings is 1. The summed E-state index contributed by atoms with van der Waals surface area (Å²) in [6.07, 6.45) is 5.68. The number of methoxy groups -OCH3 is 1. The van der Waals surface area contributed by atoms with Crippen molar-refractivity contribution in [1.82, 2.24) is 9.38 Å². The Labute approximate surface area is 181 Å². The summed E-state index contributed by atoms with van der Waals surface area (Å²) in [4.78, 5) is 18.1. The van der Waals surface area contributed by atoms with Gasteiger partial charge in [0.2, 0.25) is 5.91 Å². The summed E-state index contributed by atoms with van der Waals surface area (Å²) in [5, 5.41) is 3.19. The van der Waals surface area contributed by atoms with Crippen LogP contribution in [0.5, 0.6) is 5.75 Å². The number of carbonyl (C=O) groups is 1. The molecule has 156 valence electrons. The number of para-hydroxylation sites is 1. The van der Waals surface area contributed by atoms with Gasteiger partial charge in [0, 0.05) is 29.2 Å². The number of rotatable bonds is 5. The molecule has 1 N–H and O–H groups in total. The molecule has 5 nitrogen and oxygen atoms in total. The van der Waals surface area contributed by atoms with Gasteiger partial charge in [0.15, 0.2) is 0 Å². The molecule has 5 heteroatoms. The van der Waals surface area contributed by atoms with Crippen LogP contribution in [0.25, 0.3) is 16.9 Å². The lowest BCUT2D eigenvalue weighted by Crippen LogP contribution is -2.28. The minimum Gasteiger partial charge on any atom is -0.496 e. The van der Waals surface area contributed by atoms with Crippen LogP contribution in [0.4, 0.5) is 5.69 Å². The molecular formula is C26H25N3O2. The molecule has 1 aliphatic rings. The molecule has 1 saturated carbocycles. The molecule has 0 saturated heterocycles. The van der Waals surface area contributed by atoms with Gasteiger partial charge in [-0.3, -0.25) is 4.79 Å². The van der Waals surface area contributed by atoms with Crippen molar-refractivity contribution >= 4 is 17.2 Å². The second-order valence-electron chi connectivity index (χ2n) is 8.36. The third-order valence-corrected chi connectivity index (χ3v) is 6.20. The van der Waals surface area contributed by atoms with Gasteiger partial charge in [-0.15, -0.1) is 0 Å². The maximum atomic E-state index is 13.4. The Balaban J connectivity index is 1.46. The molecule has 2 aromatic carbocycles. The Hall–Kier alpha value is -3.60. The highest BCUT2D eigenvalue weighted by Gasteiger charge is 2.52. The summed E-state index contributed by atoms with van der Waals surface area (Å²) >= 11 is 0. The first-order valence-electron chi connectivity index (χ1n) is 10.5. The topological polar surface area (TPSA) is 55.6 Å². The van der Waals surface area contributed by atoms with Crippen LogP contribution in [0.2, 0.25) is 0 Å². The van der Waals surface area contributed by atoms with E-state index in [-0.39, 0.29) is 5.91 Å². The lowest BCUT2D eigenvalue weighted by Gasteiger charge is -2.19. The van der Waals surface area contributed by atoms with E-state index in [9.17, 15) is 4.79 Å². The van der Waals surface area contributed by atoms with E-state index in [1.165, 1.54) is 5.56 Å². The average Bonchev–Trinajstić information content (AvgIpc) is 3.48. The summed E-state index contributed by atoms with van der Waals surface area (Å²) in [5.74, 6) is 0.781. The summed E-state index contributed by atoms with van der Waals surface area (Å²) in [5.41, 5.74) is 6.22. The van der Waals surface area contributed by atoms with Crippen LogP contribution in [0, 0.1) is 13.8 Å². The van der Waals surface area contributed by atoms with Crippen molar-refractivity contribution in [2.75, 3.05) is 12.4 Å². The fraction of sp³-hybridized carbons (Fsp3) is 0.231. The lowest BCUT2D eigenvalue weighted by molar-refractivity contribution is -0.118. The summed E-state index contributed by atoms with van der Waals surface area (Å²) in [7, 11) is 1.65. The van der Waals surface area contributed by atoms with Gasteiger partial charge in [-0.2, -0.15) is 0 Å². The van der Waals surface area contributed by atoms with Gasteiger partial charge in [-0.1, -0.05) is 30.3 Å². The highest BCUT2D eigenvalue weighted by atomic mass is 16.5. The lowest BCUT2D eigenvalue weighted by atomic mass is 9.93. The van der Waals surface area contributed by atoms with Crippen LogP contribution in [0.3, 0.4) is 0 Å². The number of ether oxygens (including phenoxy) is 1. The maximum absolute atomic E-state index is 13.4. The van der Waals surface area contributed by atoms with Crippen LogP contribution >= 0.6 is 0 Å². The third kappa shape index (κ3) is 3.36. The molecule has 2 heterocycles. The molecular weight excluding hydrogens is 386 g/mol. The maximum Gasteiger partial charge on any atom is 0.235 e. The average molecular weight is 412 g/mol. The summed E-state index contributed by atoms with van der Waals surface area (Å²) in [6, 6.07) is 18.0. The molecule has 0 aliphatic heterocycles. The largest absolute Gasteiger partial charge is 0.496 e. The zero-order chi connectivity index (χ0) is 21.6. The van der Waals surface area contributed by atoms with Crippen molar-refractivity contribution in [3.63, 3.8) is 0 Å². The third-order valence-electron chi connectivity index (χ3n) is 6.20. The van der Waals surface area contributed by atoms with E-state index in [4.69, 9.17) is 9.72 Å². The first kappa shape index (κ1) is 19.4. The number of imidazole rings is 1. The zero-order valence-electron chi connectivity index (χ0n) is 18.0. The Morgan fingerprint density at radius 2 is 1.90 bits per heavy atom. The van der Waals surface area contributed by atoms with Crippen molar-refractivity contribution < 1.29 is 9.53 Å². The molecule has 31 heavy (non-hydrogen) atoms. The van der Waals surface area contributed by atoms with Gasteiger partial charge in [-0.05, 0) is 62.1 Å². The standard InChI is InChI=1S/C26H25N3O2/c1-17-10-13-29-16-22(27-24(29)14-17)19-9-8-18(2)21(15-19)28-25(30)26(11-12-26)20-6-4-5-7-23(20)31-3/h4-10,13-16H,11-12H2,1-3H3,(H,28,30). The normalized spacial score (nSPS) is 14.4. The number of carbonyl (C=O) groups excluding carboxylic acids is 1. The van der Waals surface area contributed by atoms with Crippen molar-refractivity contribution in [3.8, 4) is 17.0 Å². The Morgan fingerprint density at radius 1 is 1.10 bits per heavy atom. The van der Waals surface area contributed by atoms with Gasteiger partial charge in [-0.25, -0.2) is 4.98 Å². The highest BCUT2D eigenvalue weighted by molar-refractivity contribution is 6.02. The molecule has 4 aromatic rings. The molecule has 0 atom stereocenters. The van der Waals surface area contributed by atoms with E-state index < -0.39 is 5.41 Å². The van der Waals surface area contributed by atoms with Gasteiger partial charge >= 0.3 is 0 Å².